The second kappa shape index (κ2) is 6.87. The molecule has 3 rings (SSSR count). The summed E-state index contributed by atoms with van der Waals surface area (Å²) in [5.74, 6) is 0.0479. The molecule has 0 aliphatic carbocycles. The molecule has 1 fully saturated rings. The Balaban J connectivity index is 1.72. The summed E-state index contributed by atoms with van der Waals surface area (Å²) in [7, 11) is 5.71. The quantitative estimate of drug-likeness (QED) is 0.865. The number of aryl methyl sites for hydroxylation is 1. The maximum atomic E-state index is 12.8. The molecule has 2 atom stereocenters. The first-order valence-electron chi connectivity index (χ1n) is 8.34. The van der Waals surface area contributed by atoms with Crippen LogP contribution in [0.5, 0.6) is 0 Å². The highest BCUT2D eigenvalue weighted by Gasteiger charge is 2.31. The molecule has 128 valence electrons. The highest BCUT2D eigenvalue weighted by Crippen LogP contribution is 2.20. The number of ether oxygens (including phenoxy) is 1. The molecule has 1 saturated heterocycles. The zero-order chi connectivity index (χ0) is 17.3. The summed E-state index contributed by atoms with van der Waals surface area (Å²) in [5, 5.41) is 0.997. The number of rotatable bonds is 4. The second-order valence-electron chi connectivity index (χ2n) is 6.73. The number of hydrogen-bond donors (Lipinski definition) is 0. The van der Waals surface area contributed by atoms with Gasteiger partial charge in [-0.15, -0.1) is 0 Å². The highest BCUT2D eigenvalue weighted by atomic mass is 16.5. The Kier molecular flexibility index (Phi) is 4.83. The van der Waals surface area contributed by atoms with E-state index in [-0.39, 0.29) is 12.0 Å². The predicted molar refractivity (Wildman–Crippen MR) is 95.3 cm³/mol. The first-order chi connectivity index (χ1) is 11.5. The molecule has 0 unspecified atom stereocenters. The second-order valence-corrected chi connectivity index (χ2v) is 6.73. The van der Waals surface area contributed by atoms with E-state index in [0.29, 0.717) is 18.2 Å². The van der Waals surface area contributed by atoms with Crippen molar-refractivity contribution in [2.24, 2.45) is 0 Å². The SMILES string of the molecule is CO[C@H]1C[C@@H](CN(C)C(=O)c2ccc3nc(C)ccc3c2)N(C)C1. The van der Waals surface area contributed by atoms with E-state index in [9.17, 15) is 4.79 Å². The number of likely N-dealkylation sites (tertiary alicyclic amines) is 1. The number of amides is 1. The lowest BCUT2D eigenvalue weighted by atomic mass is 10.1. The van der Waals surface area contributed by atoms with E-state index >= 15 is 0 Å². The van der Waals surface area contributed by atoms with Crippen molar-refractivity contribution in [2.75, 3.05) is 34.3 Å². The number of pyridine rings is 1. The van der Waals surface area contributed by atoms with E-state index in [0.717, 1.165) is 29.6 Å². The van der Waals surface area contributed by atoms with Crippen molar-refractivity contribution in [1.82, 2.24) is 14.8 Å². The van der Waals surface area contributed by atoms with Gasteiger partial charge in [-0.3, -0.25) is 14.7 Å². The Bertz CT molecular complexity index is 746. The van der Waals surface area contributed by atoms with E-state index in [2.05, 4.69) is 16.9 Å². The van der Waals surface area contributed by atoms with Gasteiger partial charge in [0, 0.05) is 49.9 Å². The predicted octanol–water partition coefficient (Wildman–Crippen LogP) is 2.33. The topological polar surface area (TPSA) is 45.7 Å². The molecule has 0 bridgehead atoms. The fourth-order valence-electron chi connectivity index (χ4n) is 3.39. The van der Waals surface area contributed by atoms with Crippen molar-refractivity contribution in [3.63, 3.8) is 0 Å². The molecule has 0 spiro atoms. The fourth-order valence-corrected chi connectivity index (χ4v) is 3.39. The van der Waals surface area contributed by atoms with Crippen LogP contribution in [-0.4, -0.2) is 67.1 Å². The number of hydrogen-bond acceptors (Lipinski definition) is 4. The lowest BCUT2D eigenvalue weighted by molar-refractivity contribution is 0.0760. The van der Waals surface area contributed by atoms with Crippen molar-refractivity contribution in [2.45, 2.75) is 25.5 Å². The lowest BCUT2D eigenvalue weighted by Gasteiger charge is -2.25. The van der Waals surface area contributed by atoms with Crippen LogP contribution in [0, 0.1) is 6.92 Å². The average Bonchev–Trinajstić information content (AvgIpc) is 2.93. The van der Waals surface area contributed by atoms with E-state index in [4.69, 9.17) is 4.74 Å². The van der Waals surface area contributed by atoms with Crippen LogP contribution in [0.2, 0.25) is 0 Å². The summed E-state index contributed by atoms with van der Waals surface area (Å²) in [4.78, 5) is 21.3. The van der Waals surface area contributed by atoms with E-state index in [1.54, 1.807) is 7.11 Å². The molecule has 1 aromatic carbocycles. The fraction of sp³-hybridized carbons (Fsp3) is 0.474. The molecule has 1 amide bonds. The zero-order valence-corrected chi connectivity index (χ0v) is 14.8. The van der Waals surface area contributed by atoms with E-state index in [1.807, 2.05) is 49.2 Å². The first-order valence-corrected chi connectivity index (χ1v) is 8.34. The van der Waals surface area contributed by atoms with E-state index < -0.39 is 0 Å². The van der Waals surface area contributed by atoms with Crippen molar-refractivity contribution < 1.29 is 9.53 Å². The van der Waals surface area contributed by atoms with Crippen LogP contribution in [0.3, 0.4) is 0 Å². The summed E-state index contributed by atoms with van der Waals surface area (Å²) in [5.41, 5.74) is 2.61. The molecule has 24 heavy (non-hydrogen) atoms. The molecule has 1 aromatic heterocycles. The van der Waals surface area contributed by atoms with Crippen LogP contribution in [0.15, 0.2) is 30.3 Å². The average molecular weight is 327 g/mol. The van der Waals surface area contributed by atoms with Gasteiger partial charge in [-0.25, -0.2) is 0 Å². The minimum absolute atomic E-state index is 0.0479. The summed E-state index contributed by atoms with van der Waals surface area (Å²) >= 11 is 0. The van der Waals surface area contributed by atoms with Gasteiger partial charge in [0.05, 0.1) is 11.6 Å². The Labute approximate surface area is 143 Å². The van der Waals surface area contributed by atoms with Gasteiger partial charge < -0.3 is 9.64 Å². The Morgan fingerprint density at radius 2 is 2.17 bits per heavy atom. The van der Waals surface area contributed by atoms with Crippen LogP contribution in [0.1, 0.15) is 22.5 Å². The highest BCUT2D eigenvalue weighted by molar-refractivity contribution is 5.97. The molecular weight excluding hydrogens is 302 g/mol. The number of methoxy groups -OCH3 is 1. The normalized spacial score (nSPS) is 21.3. The monoisotopic (exact) mass is 327 g/mol. The summed E-state index contributed by atoms with van der Waals surface area (Å²) in [6.07, 6.45) is 1.23. The number of fused-ring (bicyclic) bond motifs is 1. The Hall–Kier alpha value is -1.98. The maximum Gasteiger partial charge on any atom is 0.253 e. The third kappa shape index (κ3) is 3.42. The molecule has 5 nitrogen and oxygen atoms in total. The van der Waals surface area contributed by atoms with Crippen molar-refractivity contribution >= 4 is 16.8 Å². The zero-order valence-electron chi connectivity index (χ0n) is 14.8. The largest absolute Gasteiger partial charge is 0.380 e. The number of aromatic nitrogens is 1. The maximum absolute atomic E-state index is 12.8. The minimum atomic E-state index is 0.0479. The number of carbonyl (C=O) groups is 1. The van der Waals surface area contributed by atoms with Crippen molar-refractivity contribution in [1.29, 1.82) is 0 Å². The van der Waals surface area contributed by atoms with E-state index in [1.165, 1.54) is 0 Å². The molecule has 2 heterocycles. The van der Waals surface area contributed by atoms with Crippen LogP contribution >= 0.6 is 0 Å². The van der Waals surface area contributed by atoms with Gasteiger partial charge in [-0.2, -0.15) is 0 Å². The lowest BCUT2D eigenvalue weighted by Crippen LogP contribution is -2.39. The standard InChI is InChI=1S/C19H25N3O2/c1-13-5-6-14-9-15(7-8-18(14)20-13)19(23)22(3)11-16-10-17(24-4)12-21(16)2/h5-9,16-17H,10-12H2,1-4H3/t16-,17-/m0/s1. The van der Waals surface area contributed by atoms with Crippen LogP contribution < -0.4 is 0 Å². The third-order valence-electron chi connectivity index (χ3n) is 4.89. The smallest absolute Gasteiger partial charge is 0.253 e. The Morgan fingerprint density at radius 1 is 1.38 bits per heavy atom. The van der Waals surface area contributed by atoms with Crippen molar-refractivity contribution in [3.8, 4) is 0 Å². The number of likely N-dealkylation sites (N-methyl/N-ethyl adjacent to an activating group) is 2. The van der Waals surface area contributed by atoms with Crippen LogP contribution in [0.25, 0.3) is 10.9 Å². The molecule has 1 aliphatic heterocycles. The van der Waals surface area contributed by atoms with Crippen LogP contribution in [-0.2, 0) is 4.74 Å². The summed E-state index contributed by atoms with van der Waals surface area (Å²) in [6.45, 7) is 3.60. The molecule has 2 aromatic rings. The van der Waals surface area contributed by atoms with Gasteiger partial charge in [0.1, 0.15) is 0 Å². The van der Waals surface area contributed by atoms with Gasteiger partial charge in [0.15, 0.2) is 0 Å². The molecule has 1 aliphatic rings. The molecule has 0 saturated carbocycles. The molecule has 0 radical (unpaired) electrons. The Morgan fingerprint density at radius 3 is 2.88 bits per heavy atom. The first kappa shape index (κ1) is 16.9. The summed E-state index contributed by atoms with van der Waals surface area (Å²) in [6, 6.07) is 10.0. The van der Waals surface area contributed by atoms with Gasteiger partial charge in [0.2, 0.25) is 0 Å². The molecule has 0 N–H and O–H groups in total. The molecule has 5 heteroatoms. The number of nitrogens with zero attached hydrogens (tertiary/aromatic N) is 3. The van der Waals surface area contributed by atoms with Gasteiger partial charge in [-0.05, 0) is 44.7 Å². The van der Waals surface area contributed by atoms with Crippen molar-refractivity contribution in [3.05, 3.63) is 41.6 Å². The molecular formula is C19H25N3O2. The van der Waals surface area contributed by atoms with Gasteiger partial charge >= 0.3 is 0 Å². The number of carbonyl (C=O) groups excluding carboxylic acids is 1. The van der Waals surface area contributed by atoms with Gasteiger partial charge in [-0.1, -0.05) is 6.07 Å². The third-order valence-corrected chi connectivity index (χ3v) is 4.89. The van der Waals surface area contributed by atoms with Crippen LogP contribution in [0.4, 0.5) is 0 Å². The minimum Gasteiger partial charge on any atom is -0.380 e. The summed E-state index contributed by atoms with van der Waals surface area (Å²) < 4.78 is 5.44. The number of benzene rings is 1. The van der Waals surface area contributed by atoms with Gasteiger partial charge in [0.25, 0.3) is 5.91 Å².